The SMILES string of the molecule is CCCn1c(Cc2ccccc2)nc(C(N)=O)c1NC(=O)c1ccccc1OCC. The van der Waals surface area contributed by atoms with Crippen molar-refractivity contribution in [1.29, 1.82) is 0 Å². The van der Waals surface area contributed by atoms with Crippen LogP contribution < -0.4 is 15.8 Å². The van der Waals surface area contributed by atoms with Crippen molar-refractivity contribution in [2.75, 3.05) is 11.9 Å². The number of primary amides is 1. The van der Waals surface area contributed by atoms with Crippen LogP contribution in [0, 0.1) is 0 Å². The number of anilines is 1. The summed E-state index contributed by atoms with van der Waals surface area (Å²) in [6.07, 6.45) is 1.32. The molecule has 0 aliphatic rings. The van der Waals surface area contributed by atoms with E-state index in [0.29, 0.717) is 42.5 Å². The Hall–Kier alpha value is -3.61. The third-order valence-electron chi connectivity index (χ3n) is 4.60. The van der Waals surface area contributed by atoms with Crippen LogP contribution in [0.1, 0.15) is 52.5 Å². The van der Waals surface area contributed by atoms with Gasteiger partial charge in [-0.05, 0) is 31.0 Å². The van der Waals surface area contributed by atoms with Gasteiger partial charge in [-0.15, -0.1) is 0 Å². The van der Waals surface area contributed by atoms with E-state index in [2.05, 4.69) is 10.3 Å². The molecule has 2 amide bonds. The summed E-state index contributed by atoms with van der Waals surface area (Å²) in [5.74, 6) is 0.388. The second-order valence-corrected chi connectivity index (χ2v) is 6.79. The number of ether oxygens (including phenoxy) is 1. The Labute approximate surface area is 175 Å². The Morgan fingerprint density at radius 2 is 1.77 bits per heavy atom. The van der Waals surface area contributed by atoms with Gasteiger partial charge in [0.15, 0.2) is 5.69 Å². The van der Waals surface area contributed by atoms with E-state index in [1.54, 1.807) is 24.3 Å². The standard InChI is InChI=1S/C23H26N4O3/c1-3-14-27-19(15-16-10-6-5-7-11-16)25-20(21(24)28)22(27)26-23(29)17-12-8-9-13-18(17)30-4-2/h5-13H,3-4,14-15H2,1-2H3,(H2,24,28)(H,26,29). The van der Waals surface area contributed by atoms with Crippen molar-refractivity contribution in [3.63, 3.8) is 0 Å². The number of nitrogens with one attached hydrogen (secondary N) is 1. The third-order valence-corrected chi connectivity index (χ3v) is 4.60. The highest BCUT2D eigenvalue weighted by Gasteiger charge is 2.24. The molecule has 0 bridgehead atoms. The first-order valence-corrected chi connectivity index (χ1v) is 10.0. The molecule has 0 radical (unpaired) electrons. The molecule has 0 saturated carbocycles. The highest BCUT2D eigenvalue weighted by Crippen LogP contribution is 2.24. The monoisotopic (exact) mass is 406 g/mol. The van der Waals surface area contributed by atoms with E-state index < -0.39 is 5.91 Å². The van der Waals surface area contributed by atoms with E-state index >= 15 is 0 Å². The fourth-order valence-corrected chi connectivity index (χ4v) is 3.29. The quantitative estimate of drug-likeness (QED) is 0.567. The number of rotatable bonds is 9. The summed E-state index contributed by atoms with van der Waals surface area (Å²) in [7, 11) is 0. The van der Waals surface area contributed by atoms with Crippen molar-refractivity contribution in [3.05, 3.63) is 77.2 Å². The zero-order valence-electron chi connectivity index (χ0n) is 17.2. The number of hydrogen-bond donors (Lipinski definition) is 2. The number of carbonyl (C=O) groups excluding carboxylic acids is 2. The molecule has 0 unspecified atom stereocenters. The lowest BCUT2D eigenvalue weighted by Crippen LogP contribution is -2.21. The van der Waals surface area contributed by atoms with Crippen molar-refractivity contribution in [1.82, 2.24) is 9.55 Å². The van der Waals surface area contributed by atoms with Crippen molar-refractivity contribution < 1.29 is 14.3 Å². The molecular formula is C23H26N4O3. The second kappa shape index (κ2) is 9.73. The van der Waals surface area contributed by atoms with Crippen LogP contribution in [-0.4, -0.2) is 28.0 Å². The maximum atomic E-state index is 13.0. The van der Waals surface area contributed by atoms with E-state index in [1.165, 1.54) is 0 Å². The van der Waals surface area contributed by atoms with Gasteiger partial charge in [0, 0.05) is 13.0 Å². The lowest BCUT2D eigenvalue weighted by Gasteiger charge is -2.14. The largest absolute Gasteiger partial charge is 0.493 e. The van der Waals surface area contributed by atoms with Crippen LogP contribution in [0.5, 0.6) is 5.75 Å². The fraction of sp³-hybridized carbons (Fsp3) is 0.261. The van der Waals surface area contributed by atoms with E-state index in [9.17, 15) is 9.59 Å². The summed E-state index contributed by atoms with van der Waals surface area (Å²) < 4.78 is 7.42. The highest BCUT2D eigenvalue weighted by molar-refractivity contribution is 6.08. The average Bonchev–Trinajstić information content (AvgIpc) is 3.07. The summed E-state index contributed by atoms with van der Waals surface area (Å²) in [6, 6.07) is 16.8. The topological polar surface area (TPSA) is 99.2 Å². The fourth-order valence-electron chi connectivity index (χ4n) is 3.29. The molecule has 3 aromatic rings. The van der Waals surface area contributed by atoms with E-state index in [1.807, 2.05) is 48.7 Å². The molecule has 0 aliphatic carbocycles. The number of para-hydroxylation sites is 1. The maximum Gasteiger partial charge on any atom is 0.271 e. The van der Waals surface area contributed by atoms with Gasteiger partial charge in [-0.3, -0.25) is 9.59 Å². The van der Waals surface area contributed by atoms with Gasteiger partial charge in [-0.1, -0.05) is 49.4 Å². The Bertz CT molecular complexity index is 1030. The summed E-state index contributed by atoms with van der Waals surface area (Å²) in [6.45, 7) is 4.90. The molecular weight excluding hydrogens is 380 g/mol. The minimum atomic E-state index is -0.687. The molecule has 3 rings (SSSR count). The van der Waals surface area contributed by atoms with E-state index in [0.717, 1.165) is 12.0 Å². The van der Waals surface area contributed by atoms with Crippen molar-refractivity contribution >= 4 is 17.6 Å². The number of amides is 2. The lowest BCUT2D eigenvalue weighted by atomic mass is 10.1. The van der Waals surface area contributed by atoms with E-state index in [4.69, 9.17) is 10.5 Å². The minimum absolute atomic E-state index is 0.0524. The number of nitrogens with zero attached hydrogens (tertiary/aromatic N) is 2. The number of hydrogen-bond acceptors (Lipinski definition) is 4. The van der Waals surface area contributed by atoms with Crippen molar-refractivity contribution in [2.45, 2.75) is 33.2 Å². The molecule has 2 aromatic carbocycles. The van der Waals surface area contributed by atoms with Crippen LogP contribution in [0.4, 0.5) is 5.82 Å². The number of nitrogens with two attached hydrogens (primary N) is 1. The van der Waals surface area contributed by atoms with Gasteiger partial charge in [-0.2, -0.15) is 0 Å². The van der Waals surface area contributed by atoms with Crippen LogP contribution in [0.3, 0.4) is 0 Å². The molecule has 0 atom stereocenters. The summed E-state index contributed by atoms with van der Waals surface area (Å²) in [4.78, 5) is 29.6. The van der Waals surface area contributed by atoms with Gasteiger partial charge in [0.05, 0.1) is 12.2 Å². The number of aromatic nitrogens is 2. The zero-order valence-corrected chi connectivity index (χ0v) is 17.2. The Morgan fingerprint density at radius 1 is 1.07 bits per heavy atom. The molecule has 7 nitrogen and oxygen atoms in total. The third kappa shape index (κ3) is 4.68. The number of benzene rings is 2. The number of imidazole rings is 1. The lowest BCUT2D eigenvalue weighted by molar-refractivity contribution is 0.0996. The molecule has 0 aliphatic heterocycles. The Kier molecular flexibility index (Phi) is 6.85. The van der Waals surface area contributed by atoms with Crippen molar-refractivity contribution in [2.24, 2.45) is 5.73 Å². The predicted molar refractivity (Wildman–Crippen MR) is 116 cm³/mol. The molecule has 0 fully saturated rings. The van der Waals surface area contributed by atoms with Crippen LogP contribution in [0.25, 0.3) is 0 Å². The van der Waals surface area contributed by atoms with Crippen LogP contribution in [-0.2, 0) is 13.0 Å². The van der Waals surface area contributed by atoms with Gasteiger partial charge in [-0.25, -0.2) is 4.98 Å². The van der Waals surface area contributed by atoms with Crippen molar-refractivity contribution in [3.8, 4) is 5.75 Å². The average molecular weight is 406 g/mol. The Balaban J connectivity index is 2.00. The molecule has 30 heavy (non-hydrogen) atoms. The molecule has 7 heteroatoms. The van der Waals surface area contributed by atoms with Gasteiger partial charge in [0.25, 0.3) is 11.8 Å². The van der Waals surface area contributed by atoms with E-state index in [-0.39, 0.29) is 11.6 Å². The zero-order chi connectivity index (χ0) is 21.5. The summed E-state index contributed by atoms with van der Waals surface area (Å²) in [5, 5.41) is 2.85. The summed E-state index contributed by atoms with van der Waals surface area (Å²) >= 11 is 0. The second-order valence-electron chi connectivity index (χ2n) is 6.79. The smallest absolute Gasteiger partial charge is 0.271 e. The van der Waals surface area contributed by atoms with Gasteiger partial charge in [0.1, 0.15) is 17.4 Å². The normalized spacial score (nSPS) is 10.6. The van der Waals surface area contributed by atoms with Crippen LogP contribution in [0.2, 0.25) is 0 Å². The Morgan fingerprint density at radius 3 is 2.43 bits per heavy atom. The first-order valence-electron chi connectivity index (χ1n) is 10.0. The molecule has 0 saturated heterocycles. The van der Waals surface area contributed by atoms with Crippen LogP contribution in [0.15, 0.2) is 54.6 Å². The first kappa shape index (κ1) is 21.1. The molecule has 1 heterocycles. The molecule has 1 aromatic heterocycles. The van der Waals surface area contributed by atoms with Crippen LogP contribution >= 0.6 is 0 Å². The predicted octanol–water partition coefficient (Wildman–Crippen LogP) is 3.63. The highest BCUT2D eigenvalue weighted by atomic mass is 16.5. The first-order chi connectivity index (χ1) is 14.5. The van der Waals surface area contributed by atoms with Gasteiger partial charge >= 0.3 is 0 Å². The van der Waals surface area contributed by atoms with Gasteiger partial charge in [0.2, 0.25) is 0 Å². The van der Waals surface area contributed by atoms with Gasteiger partial charge < -0.3 is 20.4 Å². The summed E-state index contributed by atoms with van der Waals surface area (Å²) in [5.41, 5.74) is 7.07. The maximum absolute atomic E-state index is 13.0. The number of carbonyl (C=O) groups is 2. The molecule has 0 spiro atoms. The molecule has 156 valence electrons. The molecule has 3 N–H and O–H groups in total. The minimum Gasteiger partial charge on any atom is -0.493 e.